The Morgan fingerprint density at radius 1 is 0.275 bits per heavy atom. The third-order valence-corrected chi connectivity index (χ3v) is 13.6. The molecule has 0 aliphatic carbocycles. The first-order valence-electron chi connectivity index (χ1n) is 23.6. The van der Waals surface area contributed by atoms with Gasteiger partial charge in [-0.05, 0) is 129 Å². The van der Waals surface area contributed by atoms with Gasteiger partial charge in [-0.15, -0.1) is 0 Å². The maximum absolute atomic E-state index is 6.57. The summed E-state index contributed by atoms with van der Waals surface area (Å²) < 4.78 is 8.95. The quantitative estimate of drug-likeness (QED) is 0.144. The first-order valence-corrected chi connectivity index (χ1v) is 23.6. The summed E-state index contributed by atoms with van der Waals surface area (Å²) in [7, 11) is 0. The van der Waals surface area contributed by atoms with Crippen LogP contribution < -0.4 is 4.90 Å². The standard InChI is InChI=1S/C66H44N2O/c1-3-15-45(16-4-1)52-35-39-60-61-40-36-53(44-66(61)69-65(60)43-52)51-20-14-21-55(42-51)67(62-26-10-7-23-57(62)49-17-5-2-6-18-49)54-37-33-47(34-38-54)46-29-31-48(32-30-46)50-19-13-22-56(41-50)68-63-27-11-8-24-58(63)59-25-9-12-28-64(59)68/h1-44H. The Morgan fingerprint density at radius 2 is 0.725 bits per heavy atom. The van der Waals surface area contributed by atoms with E-state index in [1.165, 1.54) is 44.1 Å². The average molecular weight is 881 g/mol. The zero-order valence-electron chi connectivity index (χ0n) is 37.7. The molecule has 0 unspecified atom stereocenters. The highest BCUT2D eigenvalue weighted by Gasteiger charge is 2.19. The number of hydrogen-bond donors (Lipinski definition) is 0. The van der Waals surface area contributed by atoms with Crippen LogP contribution in [0, 0.1) is 0 Å². The van der Waals surface area contributed by atoms with E-state index in [9.17, 15) is 0 Å². The fourth-order valence-corrected chi connectivity index (χ4v) is 10.2. The van der Waals surface area contributed by atoms with Crippen LogP contribution in [0.25, 0.3) is 105 Å². The molecule has 0 amide bonds. The van der Waals surface area contributed by atoms with E-state index in [1.807, 2.05) is 6.07 Å². The summed E-state index contributed by atoms with van der Waals surface area (Å²) in [6.45, 7) is 0. The third-order valence-electron chi connectivity index (χ3n) is 13.6. The van der Waals surface area contributed by atoms with Gasteiger partial charge in [-0.1, -0.05) is 188 Å². The topological polar surface area (TPSA) is 21.3 Å². The van der Waals surface area contributed by atoms with E-state index in [-0.39, 0.29) is 0 Å². The minimum atomic E-state index is 0.876. The maximum Gasteiger partial charge on any atom is 0.136 e. The number of furan rings is 1. The lowest BCUT2D eigenvalue weighted by atomic mass is 9.98. The fraction of sp³-hybridized carbons (Fsp3) is 0. The van der Waals surface area contributed by atoms with Crippen molar-refractivity contribution in [3.63, 3.8) is 0 Å². The molecule has 2 heterocycles. The Labute approximate surface area is 401 Å². The van der Waals surface area contributed by atoms with Crippen molar-refractivity contribution in [2.75, 3.05) is 4.90 Å². The van der Waals surface area contributed by atoms with Crippen molar-refractivity contribution in [1.82, 2.24) is 4.57 Å². The van der Waals surface area contributed by atoms with Gasteiger partial charge in [0, 0.05) is 44.2 Å². The van der Waals surface area contributed by atoms with Crippen molar-refractivity contribution in [3.8, 4) is 61.3 Å². The van der Waals surface area contributed by atoms with Gasteiger partial charge in [0.1, 0.15) is 11.2 Å². The van der Waals surface area contributed by atoms with Gasteiger partial charge in [-0.25, -0.2) is 0 Å². The van der Waals surface area contributed by atoms with Crippen molar-refractivity contribution >= 4 is 60.8 Å². The van der Waals surface area contributed by atoms with E-state index in [2.05, 4.69) is 270 Å². The SMILES string of the molecule is c1ccc(-c2ccc3c(c2)oc2cc(-c4cccc(N(c5ccc(-c6ccc(-c7cccc(-n8c9ccccc9c9ccccc98)c7)cc6)cc5)c5ccccc5-c5ccccc5)c4)ccc23)cc1. The summed E-state index contributed by atoms with van der Waals surface area (Å²) in [6, 6.07) is 96.0. The molecule has 0 aliphatic rings. The van der Waals surface area contributed by atoms with Gasteiger partial charge < -0.3 is 13.9 Å². The van der Waals surface area contributed by atoms with Gasteiger partial charge in [0.05, 0.1) is 16.7 Å². The molecule has 13 rings (SSSR count). The van der Waals surface area contributed by atoms with E-state index in [0.29, 0.717) is 0 Å². The van der Waals surface area contributed by atoms with Gasteiger partial charge in [0.15, 0.2) is 0 Å². The highest BCUT2D eigenvalue weighted by Crippen LogP contribution is 2.43. The molecule has 0 fully saturated rings. The average Bonchev–Trinajstić information content (AvgIpc) is 3.97. The third kappa shape index (κ3) is 7.25. The first kappa shape index (κ1) is 40.1. The van der Waals surface area contributed by atoms with Crippen LogP contribution in [0.5, 0.6) is 0 Å². The Morgan fingerprint density at radius 3 is 1.38 bits per heavy atom. The van der Waals surface area contributed by atoms with E-state index in [4.69, 9.17) is 4.42 Å². The van der Waals surface area contributed by atoms with Crippen LogP contribution in [0.3, 0.4) is 0 Å². The second-order valence-electron chi connectivity index (χ2n) is 17.7. The number of benzene rings is 11. The maximum atomic E-state index is 6.57. The number of para-hydroxylation sites is 3. The number of hydrogen-bond acceptors (Lipinski definition) is 2. The molecule has 2 aromatic heterocycles. The number of fused-ring (bicyclic) bond motifs is 6. The molecule has 0 atom stereocenters. The first-order chi connectivity index (χ1) is 34.2. The fourth-order valence-electron chi connectivity index (χ4n) is 10.2. The van der Waals surface area contributed by atoms with Gasteiger partial charge in [-0.3, -0.25) is 0 Å². The minimum Gasteiger partial charge on any atom is -0.456 e. The molecule has 11 aromatic carbocycles. The number of aromatic nitrogens is 1. The van der Waals surface area contributed by atoms with Crippen LogP contribution in [0.4, 0.5) is 17.1 Å². The van der Waals surface area contributed by atoms with E-state index >= 15 is 0 Å². The molecule has 324 valence electrons. The van der Waals surface area contributed by atoms with Gasteiger partial charge >= 0.3 is 0 Å². The zero-order valence-corrected chi connectivity index (χ0v) is 37.7. The van der Waals surface area contributed by atoms with E-state index in [0.717, 1.165) is 78.1 Å². The lowest BCUT2D eigenvalue weighted by Gasteiger charge is -2.28. The molecule has 3 nitrogen and oxygen atoms in total. The number of rotatable bonds is 9. The molecule has 0 saturated heterocycles. The summed E-state index contributed by atoms with van der Waals surface area (Å²) in [5.41, 5.74) is 20.1. The highest BCUT2D eigenvalue weighted by molar-refractivity contribution is 6.09. The van der Waals surface area contributed by atoms with Crippen LogP contribution in [-0.4, -0.2) is 4.57 Å². The Bertz CT molecular complexity index is 3940. The van der Waals surface area contributed by atoms with Crippen molar-refractivity contribution in [2.45, 2.75) is 0 Å². The van der Waals surface area contributed by atoms with Crippen LogP contribution in [0.15, 0.2) is 271 Å². The van der Waals surface area contributed by atoms with Crippen LogP contribution in [-0.2, 0) is 0 Å². The molecule has 0 radical (unpaired) electrons. The summed E-state index contributed by atoms with van der Waals surface area (Å²) in [4.78, 5) is 2.38. The Kier molecular flexibility index (Phi) is 9.84. The zero-order chi connectivity index (χ0) is 45.7. The molecular weight excluding hydrogens is 837 g/mol. The molecule has 69 heavy (non-hydrogen) atoms. The summed E-state index contributed by atoms with van der Waals surface area (Å²) in [5.74, 6) is 0. The smallest absolute Gasteiger partial charge is 0.136 e. The van der Waals surface area contributed by atoms with Crippen molar-refractivity contribution < 1.29 is 4.42 Å². The minimum absolute atomic E-state index is 0.876. The lowest BCUT2D eigenvalue weighted by Crippen LogP contribution is -2.11. The number of nitrogens with zero attached hydrogens (tertiary/aromatic N) is 2. The molecule has 0 saturated carbocycles. The van der Waals surface area contributed by atoms with Crippen molar-refractivity contribution in [1.29, 1.82) is 0 Å². The van der Waals surface area contributed by atoms with Gasteiger partial charge in [0.2, 0.25) is 0 Å². The highest BCUT2D eigenvalue weighted by atomic mass is 16.3. The normalized spacial score (nSPS) is 11.5. The van der Waals surface area contributed by atoms with Gasteiger partial charge in [-0.2, -0.15) is 0 Å². The van der Waals surface area contributed by atoms with Crippen molar-refractivity contribution in [3.05, 3.63) is 267 Å². The molecule has 0 aliphatic heterocycles. The monoisotopic (exact) mass is 880 g/mol. The van der Waals surface area contributed by atoms with Crippen LogP contribution >= 0.6 is 0 Å². The van der Waals surface area contributed by atoms with E-state index < -0.39 is 0 Å². The largest absolute Gasteiger partial charge is 0.456 e. The van der Waals surface area contributed by atoms with Crippen LogP contribution in [0.2, 0.25) is 0 Å². The summed E-state index contributed by atoms with van der Waals surface area (Å²) >= 11 is 0. The second-order valence-corrected chi connectivity index (χ2v) is 17.7. The molecule has 13 aromatic rings. The molecule has 0 spiro atoms. The molecule has 3 heteroatoms. The van der Waals surface area contributed by atoms with E-state index in [1.54, 1.807) is 0 Å². The summed E-state index contributed by atoms with van der Waals surface area (Å²) in [6.07, 6.45) is 0. The molecule has 0 N–H and O–H groups in total. The second kappa shape index (κ2) is 16.9. The lowest BCUT2D eigenvalue weighted by molar-refractivity contribution is 0.669. The van der Waals surface area contributed by atoms with Crippen molar-refractivity contribution in [2.24, 2.45) is 0 Å². The molecular formula is C66H44N2O. The van der Waals surface area contributed by atoms with Gasteiger partial charge in [0.25, 0.3) is 0 Å². The van der Waals surface area contributed by atoms with Crippen LogP contribution in [0.1, 0.15) is 0 Å². The molecule has 0 bridgehead atoms. The Hall–Kier alpha value is -9.18. The summed E-state index contributed by atoms with van der Waals surface area (Å²) in [5, 5.41) is 4.76. The Balaban J connectivity index is 0.840. The predicted octanol–water partition coefficient (Wildman–Crippen LogP) is 18.5. The number of anilines is 3. The predicted molar refractivity (Wildman–Crippen MR) is 290 cm³/mol.